The van der Waals surface area contributed by atoms with E-state index in [-0.39, 0.29) is 0 Å². The van der Waals surface area contributed by atoms with Gasteiger partial charge in [-0.25, -0.2) is 0 Å². The monoisotopic (exact) mass is 237 g/mol. The van der Waals surface area contributed by atoms with Crippen LogP contribution in [0.25, 0.3) is 0 Å². The van der Waals surface area contributed by atoms with E-state index in [9.17, 15) is 0 Å². The van der Waals surface area contributed by atoms with Crippen molar-refractivity contribution in [2.24, 2.45) is 5.73 Å². The van der Waals surface area contributed by atoms with Gasteiger partial charge in [0.1, 0.15) is 11.5 Å². The average Bonchev–Trinajstić information content (AvgIpc) is 2.68. The Bertz CT molecular complexity index is 350. The molecular weight excluding hydrogens is 214 g/mol. The molecule has 2 heterocycles. The Balaban J connectivity index is 1.97. The normalized spacial score (nSPS) is 23.8. The predicted octanol–water partition coefficient (Wildman–Crippen LogP) is 1.26. The molecule has 96 valence electrons. The molecule has 0 radical (unpaired) electrons. The van der Waals surface area contributed by atoms with Crippen molar-refractivity contribution >= 4 is 0 Å². The minimum absolute atomic E-state index is 0.484. The number of hydrogen-bond acceptors (Lipinski definition) is 4. The average molecular weight is 237 g/mol. The second-order valence-electron chi connectivity index (χ2n) is 5.01. The highest BCUT2D eigenvalue weighted by Gasteiger charge is 2.20. The Morgan fingerprint density at radius 2 is 2.12 bits per heavy atom. The van der Waals surface area contributed by atoms with Crippen LogP contribution in [-0.4, -0.2) is 42.5 Å². The van der Waals surface area contributed by atoms with Crippen molar-refractivity contribution in [1.82, 2.24) is 9.80 Å². The molecule has 1 aromatic heterocycles. The molecule has 1 aliphatic rings. The Morgan fingerprint density at radius 1 is 1.35 bits per heavy atom. The summed E-state index contributed by atoms with van der Waals surface area (Å²) >= 11 is 0. The highest BCUT2D eigenvalue weighted by atomic mass is 16.3. The lowest BCUT2D eigenvalue weighted by Crippen LogP contribution is -2.37. The van der Waals surface area contributed by atoms with Gasteiger partial charge in [0.25, 0.3) is 0 Å². The van der Waals surface area contributed by atoms with Crippen LogP contribution in [0.3, 0.4) is 0 Å². The lowest BCUT2D eigenvalue weighted by Gasteiger charge is -2.26. The summed E-state index contributed by atoms with van der Waals surface area (Å²) in [4.78, 5) is 4.89. The van der Waals surface area contributed by atoms with Crippen molar-refractivity contribution in [1.29, 1.82) is 0 Å². The third-order valence-electron chi connectivity index (χ3n) is 3.46. The van der Waals surface area contributed by atoms with Gasteiger partial charge in [0, 0.05) is 19.1 Å². The fraction of sp³-hybridized carbons (Fsp3) is 0.692. The summed E-state index contributed by atoms with van der Waals surface area (Å²) in [7, 11) is 2.19. The van der Waals surface area contributed by atoms with Crippen LogP contribution in [0, 0.1) is 0 Å². The van der Waals surface area contributed by atoms with Gasteiger partial charge in [-0.3, -0.25) is 4.90 Å². The number of nitrogens with two attached hydrogens (primary N) is 1. The summed E-state index contributed by atoms with van der Waals surface area (Å²) in [6.07, 6.45) is 1.23. The zero-order chi connectivity index (χ0) is 12.3. The zero-order valence-corrected chi connectivity index (χ0v) is 10.9. The number of nitrogens with zero attached hydrogens (tertiary/aromatic N) is 2. The van der Waals surface area contributed by atoms with E-state index < -0.39 is 0 Å². The molecule has 1 aliphatic heterocycles. The maximum absolute atomic E-state index is 5.67. The first-order chi connectivity index (χ1) is 8.19. The van der Waals surface area contributed by atoms with E-state index >= 15 is 0 Å². The van der Waals surface area contributed by atoms with Gasteiger partial charge in [0.05, 0.1) is 13.1 Å². The number of likely N-dealkylation sites (N-methyl/N-ethyl adjacent to an activating group) is 1. The van der Waals surface area contributed by atoms with Gasteiger partial charge >= 0.3 is 0 Å². The molecule has 2 N–H and O–H groups in total. The van der Waals surface area contributed by atoms with Gasteiger partial charge in [0.2, 0.25) is 0 Å². The number of rotatable bonds is 3. The number of hydrogen-bond donors (Lipinski definition) is 1. The SMILES string of the molecule is CC1CN(C)CCCN1Cc1ccc(CN)o1. The Hall–Kier alpha value is -0.840. The van der Waals surface area contributed by atoms with Crippen LogP contribution in [0.4, 0.5) is 0 Å². The molecule has 17 heavy (non-hydrogen) atoms. The van der Waals surface area contributed by atoms with Crippen LogP contribution in [0.1, 0.15) is 24.9 Å². The smallest absolute Gasteiger partial charge is 0.118 e. The maximum atomic E-state index is 5.67. The van der Waals surface area contributed by atoms with E-state index in [1.165, 1.54) is 13.0 Å². The molecule has 1 unspecified atom stereocenters. The highest BCUT2D eigenvalue weighted by Crippen LogP contribution is 2.15. The van der Waals surface area contributed by atoms with Gasteiger partial charge in [0.15, 0.2) is 0 Å². The molecule has 1 fully saturated rings. The summed E-state index contributed by atoms with van der Waals surface area (Å²) in [5.74, 6) is 1.90. The largest absolute Gasteiger partial charge is 0.463 e. The molecule has 1 saturated heterocycles. The van der Waals surface area contributed by atoms with E-state index in [0.29, 0.717) is 12.6 Å². The third kappa shape index (κ3) is 3.31. The lowest BCUT2D eigenvalue weighted by atomic mass is 10.2. The molecule has 0 saturated carbocycles. The van der Waals surface area contributed by atoms with E-state index in [1.54, 1.807) is 0 Å². The van der Waals surface area contributed by atoms with Gasteiger partial charge in [-0.2, -0.15) is 0 Å². The van der Waals surface area contributed by atoms with Crippen molar-refractivity contribution in [3.05, 3.63) is 23.7 Å². The fourth-order valence-corrected chi connectivity index (χ4v) is 2.47. The standard InChI is InChI=1S/C13H23N3O/c1-11-9-15(2)6-3-7-16(11)10-13-5-4-12(8-14)17-13/h4-5,11H,3,6-10,14H2,1-2H3. The zero-order valence-electron chi connectivity index (χ0n) is 10.9. The molecule has 4 nitrogen and oxygen atoms in total. The summed E-state index contributed by atoms with van der Waals surface area (Å²) in [6, 6.07) is 4.60. The van der Waals surface area contributed by atoms with E-state index in [2.05, 4.69) is 23.8 Å². The maximum Gasteiger partial charge on any atom is 0.118 e. The fourth-order valence-electron chi connectivity index (χ4n) is 2.47. The highest BCUT2D eigenvalue weighted by molar-refractivity contribution is 5.07. The quantitative estimate of drug-likeness (QED) is 0.860. The first kappa shape index (κ1) is 12.6. The molecule has 0 spiro atoms. The predicted molar refractivity (Wildman–Crippen MR) is 68.6 cm³/mol. The van der Waals surface area contributed by atoms with Crippen molar-refractivity contribution in [2.75, 3.05) is 26.7 Å². The molecule has 0 aromatic carbocycles. The Labute approximate surface area is 103 Å². The van der Waals surface area contributed by atoms with Crippen molar-refractivity contribution in [3.63, 3.8) is 0 Å². The molecule has 1 atom stereocenters. The molecule has 0 aliphatic carbocycles. The second-order valence-corrected chi connectivity index (χ2v) is 5.01. The summed E-state index contributed by atoms with van der Waals surface area (Å²) in [5.41, 5.74) is 5.55. The molecular formula is C13H23N3O. The number of furan rings is 1. The van der Waals surface area contributed by atoms with Crippen LogP contribution in [-0.2, 0) is 13.1 Å². The van der Waals surface area contributed by atoms with E-state index in [1.807, 2.05) is 12.1 Å². The van der Waals surface area contributed by atoms with Crippen LogP contribution >= 0.6 is 0 Å². The molecule has 2 rings (SSSR count). The minimum Gasteiger partial charge on any atom is -0.463 e. The van der Waals surface area contributed by atoms with Crippen LogP contribution in [0.2, 0.25) is 0 Å². The topological polar surface area (TPSA) is 45.6 Å². The van der Waals surface area contributed by atoms with Crippen molar-refractivity contribution in [2.45, 2.75) is 32.5 Å². The molecule has 0 bridgehead atoms. The van der Waals surface area contributed by atoms with Crippen LogP contribution in [0.5, 0.6) is 0 Å². The molecule has 1 aromatic rings. The third-order valence-corrected chi connectivity index (χ3v) is 3.46. The van der Waals surface area contributed by atoms with E-state index in [4.69, 9.17) is 10.2 Å². The minimum atomic E-state index is 0.484. The van der Waals surface area contributed by atoms with Crippen LogP contribution in [0.15, 0.2) is 16.5 Å². The molecule has 0 amide bonds. The Kier molecular flexibility index (Phi) is 4.20. The first-order valence-electron chi connectivity index (χ1n) is 6.39. The van der Waals surface area contributed by atoms with Gasteiger partial charge in [-0.1, -0.05) is 0 Å². The van der Waals surface area contributed by atoms with Crippen LogP contribution < -0.4 is 5.73 Å². The van der Waals surface area contributed by atoms with Gasteiger partial charge < -0.3 is 15.1 Å². The van der Waals surface area contributed by atoms with Gasteiger partial charge in [-0.05, 0) is 39.1 Å². The summed E-state index contributed by atoms with van der Waals surface area (Å²) in [5, 5.41) is 0. The Morgan fingerprint density at radius 3 is 2.82 bits per heavy atom. The van der Waals surface area contributed by atoms with E-state index in [0.717, 1.165) is 31.2 Å². The molecule has 4 heteroatoms. The van der Waals surface area contributed by atoms with Crippen molar-refractivity contribution in [3.8, 4) is 0 Å². The summed E-state index contributed by atoms with van der Waals surface area (Å²) in [6.45, 7) is 7.13. The summed E-state index contributed by atoms with van der Waals surface area (Å²) < 4.78 is 5.67. The van der Waals surface area contributed by atoms with Crippen molar-refractivity contribution < 1.29 is 4.42 Å². The van der Waals surface area contributed by atoms with Gasteiger partial charge in [-0.15, -0.1) is 0 Å². The second kappa shape index (κ2) is 5.67. The lowest BCUT2D eigenvalue weighted by molar-refractivity contribution is 0.180. The first-order valence-corrected chi connectivity index (χ1v) is 6.39.